The van der Waals surface area contributed by atoms with Crippen LogP contribution < -0.4 is 9.47 Å². The molecular weight excluding hydrogens is 450 g/mol. The van der Waals surface area contributed by atoms with Gasteiger partial charge in [-0.2, -0.15) is 5.26 Å². The van der Waals surface area contributed by atoms with Crippen LogP contribution in [0.15, 0.2) is 48.5 Å². The Balaban J connectivity index is 1.24. The Labute approximate surface area is 212 Å². The van der Waals surface area contributed by atoms with Gasteiger partial charge in [-0.1, -0.05) is 30.3 Å². The zero-order chi connectivity index (χ0) is 24.5. The van der Waals surface area contributed by atoms with Crippen molar-refractivity contribution in [1.82, 2.24) is 9.88 Å². The predicted octanol–water partition coefficient (Wildman–Crippen LogP) is 5.37. The molecule has 3 aromatic rings. The Morgan fingerprint density at radius 3 is 2.50 bits per heavy atom. The quantitative estimate of drug-likeness (QED) is 0.499. The number of aryl methyl sites for hydroxylation is 1. The number of benzene rings is 2. The fourth-order valence-electron chi connectivity index (χ4n) is 5.71. The lowest BCUT2D eigenvalue weighted by atomic mass is 9.78. The molecule has 0 radical (unpaired) electrons. The van der Waals surface area contributed by atoms with Gasteiger partial charge < -0.3 is 14.2 Å². The highest BCUT2D eigenvalue weighted by Gasteiger charge is 2.37. The predicted molar refractivity (Wildman–Crippen MR) is 138 cm³/mol. The lowest BCUT2D eigenvalue weighted by Gasteiger charge is -2.38. The van der Waals surface area contributed by atoms with Crippen LogP contribution in [-0.2, 0) is 11.3 Å². The molecule has 36 heavy (non-hydrogen) atoms. The van der Waals surface area contributed by atoms with Crippen LogP contribution in [0.1, 0.15) is 36.1 Å². The van der Waals surface area contributed by atoms with Crippen LogP contribution in [0.3, 0.4) is 0 Å². The van der Waals surface area contributed by atoms with Gasteiger partial charge in [0.25, 0.3) is 0 Å². The molecule has 0 bridgehead atoms. The molecule has 6 nitrogen and oxygen atoms in total. The van der Waals surface area contributed by atoms with Gasteiger partial charge >= 0.3 is 0 Å². The van der Waals surface area contributed by atoms with E-state index < -0.39 is 0 Å². The monoisotopic (exact) mass is 481 g/mol. The molecule has 3 aliphatic rings. The number of piperidine rings is 1. The van der Waals surface area contributed by atoms with E-state index in [1.165, 1.54) is 24.8 Å². The van der Waals surface area contributed by atoms with E-state index in [4.69, 9.17) is 19.2 Å². The fourth-order valence-corrected chi connectivity index (χ4v) is 5.71. The normalized spacial score (nSPS) is 18.8. The number of ether oxygens (including phenoxy) is 3. The van der Waals surface area contributed by atoms with E-state index in [1.54, 1.807) is 0 Å². The van der Waals surface area contributed by atoms with Crippen molar-refractivity contribution in [2.75, 3.05) is 39.5 Å². The molecule has 2 aromatic carbocycles. The van der Waals surface area contributed by atoms with Crippen LogP contribution in [0.4, 0.5) is 0 Å². The number of fused-ring (bicyclic) bond motifs is 1. The molecule has 0 saturated carbocycles. The lowest BCUT2D eigenvalue weighted by Crippen LogP contribution is -2.40. The Hall–Kier alpha value is -3.40. The van der Waals surface area contributed by atoms with Crippen LogP contribution in [-0.4, -0.2) is 49.4 Å². The van der Waals surface area contributed by atoms with Crippen LogP contribution in [0.25, 0.3) is 22.4 Å². The molecule has 2 fully saturated rings. The highest BCUT2D eigenvalue weighted by molar-refractivity contribution is 5.81. The van der Waals surface area contributed by atoms with Crippen molar-refractivity contribution in [1.29, 1.82) is 5.26 Å². The maximum Gasteiger partial charge on any atom is 0.161 e. The molecule has 6 heteroatoms. The summed E-state index contributed by atoms with van der Waals surface area (Å²) in [4.78, 5) is 7.49. The first kappa shape index (κ1) is 23.0. The van der Waals surface area contributed by atoms with E-state index in [2.05, 4.69) is 30.0 Å². The van der Waals surface area contributed by atoms with Gasteiger partial charge in [0.2, 0.25) is 0 Å². The zero-order valence-corrected chi connectivity index (χ0v) is 20.8. The largest absolute Gasteiger partial charge is 0.486 e. The average molecular weight is 482 g/mol. The molecule has 0 amide bonds. The minimum Gasteiger partial charge on any atom is -0.486 e. The molecule has 0 unspecified atom stereocenters. The van der Waals surface area contributed by atoms with Gasteiger partial charge in [-0.25, -0.2) is 0 Å². The van der Waals surface area contributed by atoms with Crippen molar-refractivity contribution in [3.8, 4) is 40.0 Å². The van der Waals surface area contributed by atoms with Gasteiger partial charge in [0.05, 0.1) is 17.9 Å². The standard InChI is InChI=1S/C30H31N3O3/c1-21-23(19-33-12-9-30(10-13-33)11-14-34-20-30)5-7-27(32-21)25-4-2-3-24(26(25)18-31)22-6-8-28-29(17-22)36-16-15-35-28/h2-8,17H,9-16,19-20H2,1H3. The van der Waals surface area contributed by atoms with Crippen molar-refractivity contribution >= 4 is 0 Å². The third-order valence-electron chi connectivity index (χ3n) is 8.00. The van der Waals surface area contributed by atoms with Gasteiger partial charge in [-0.3, -0.25) is 9.88 Å². The summed E-state index contributed by atoms with van der Waals surface area (Å²) in [6.45, 7) is 8.16. The SMILES string of the molecule is Cc1nc(-c2cccc(-c3ccc4c(c3)OCCO4)c2C#N)ccc1CN1CCC2(CCOC2)CC1. The molecule has 184 valence electrons. The molecule has 1 aromatic heterocycles. The Morgan fingerprint density at radius 1 is 0.944 bits per heavy atom. The van der Waals surface area contributed by atoms with Gasteiger partial charge in [0.1, 0.15) is 19.3 Å². The lowest BCUT2D eigenvalue weighted by molar-refractivity contribution is 0.0772. The molecule has 4 heterocycles. The Bertz CT molecular complexity index is 1310. The Morgan fingerprint density at radius 2 is 1.75 bits per heavy atom. The smallest absolute Gasteiger partial charge is 0.161 e. The van der Waals surface area contributed by atoms with E-state index >= 15 is 0 Å². The van der Waals surface area contributed by atoms with Gasteiger partial charge in [0.15, 0.2) is 11.5 Å². The van der Waals surface area contributed by atoms with E-state index in [-0.39, 0.29) is 0 Å². The highest BCUT2D eigenvalue weighted by Crippen LogP contribution is 2.40. The molecule has 0 atom stereocenters. The second-order valence-electron chi connectivity index (χ2n) is 10.2. The van der Waals surface area contributed by atoms with Gasteiger partial charge in [-0.15, -0.1) is 0 Å². The maximum absolute atomic E-state index is 10.1. The number of nitriles is 1. The number of likely N-dealkylation sites (tertiary alicyclic amines) is 1. The summed E-state index contributed by atoms with van der Waals surface area (Å²) in [5.74, 6) is 1.46. The number of nitrogens with zero attached hydrogens (tertiary/aromatic N) is 3. The van der Waals surface area contributed by atoms with E-state index in [1.807, 2.05) is 36.4 Å². The molecule has 6 rings (SSSR count). The second-order valence-corrected chi connectivity index (χ2v) is 10.2. The number of hydrogen-bond acceptors (Lipinski definition) is 6. The topological polar surface area (TPSA) is 67.6 Å². The second kappa shape index (κ2) is 9.57. The molecule has 0 aliphatic carbocycles. The minimum atomic E-state index is 0.420. The van der Waals surface area contributed by atoms with E-state index in [0.29, 0.717) is 24.2 Å². The summed E-state index contributed by atoms with van der Waals surface area (Å²) >= 11 is 0. The number of pyridine rings is 1. The van der Waals surface area contributed by atoms with Crippen molar-refractivity contribution in [2.45, 2.75) is 32.7 Å². The number of aromatic nitrogens is 1. The van der Waals surface area contributed by atoms with Crippen LogP contribution in [0, 0.1) is 23.7 Å². The molecule has 3 aliphatic heterocycles. The Kier molecular flexibility index (Phi) is 6.12. The summed E-state index contributed by atoms with van der Waals surface area (Å²) in [5, 5.41) is 10.1. The van der Waals surface area contributed by atoms with E-state index in [9.17, 15) is 5.26 Å². The third kappa shape index (κ3) is 4.34. The first-order valence-corrected chi connectivity index (χ1v) is 12.8. The molecule has 1 spiro atoms. The third-order valence-corrected chi connectivity index (χ3v) is 8.00. The first-order chi connectivity index (χ1) is 17.6. The summed E-state index contributed by atoms with van der Waals surface area (Å²) in [6.07, 6.45) is 3.65. The zero-order valence-electron chi connectivity index (χ0n) is 20.8. The fraction of sp³-hybridized carbons (Fsp3) is 0.400. The average Bonchev–Trinajstić information content (AvgIpc) is 3.38. The van der Waals surface area contributed by atoms with Crippen molar-refractivity contribution in [3.05, 3.63) is 65.4 Å². The van der Waals surface area contributed by atoms with Crippen LogP contribution in [0.2, 0.25) is 0 Å². The van der Waals surface area contributed by atoms with Crippen molar-refractivity contribution < 1.29 is 14.2 Å². The van der Waals surface area contributed by atoms with Crippen LogP contribution in [0.5, 0.6) is 11.5 Å². The maximum atomic E-state index is 10.1. The number of rotatable bonds is 4. The van der Waals surface area contributed by atoms with E-state index in [0.717, 1.165) is 72.4 Å². The van der Waals surface area contributed by atoms with Gasteiger partial charge in [0, 0.05) is 30.0 Å². The van der Waals surface area contributed by atoms with Crippen molar-refractivity contribution in [3.63, 3.8) is 0 Å². The van der Waals surface area contributed by atoms with Crippen molar-refractivity contribution in [2.24, 2.45) is 5.41 Å². The van der Waals surface area contributed by atoms with Gasteiger partial charge in [-0.05, 0) is 74.0 Å². The summed E-state index contributed by atoms with van der Waals surface area (Å²) in [5.41, 5.74) is 6.78. The summed E-state index contributed by atoms with van der Waals surface area (Å²) in [7, 11) is 0. The molecule has 2 saturated heterocycles. The number of hydrogen-bond donors (Lipinski definition) is 0. The van der Waals surface area contributed by atoms with Crippen LogP contribution >= 0.6 is 0 Å². The highest BCUT2D eigenvalue weighted by atomic mass is 16.6. The molecule has 0 N–H and O–H groups in total. The summed E-state index contributed by atoms with van der Waals surface area (Å²) in [6, 6.07) is 18.5. The first-order valence-electron chi connectivity index (χ1n) is 12.8. The summed E-state index contributed by atoms with van der Waals surface area (Å²) < 4.78 is 17.1. The minimum absolute atomic E-state index is 0.420. The molecular formula is C30H31N3O3.